The third-order valence-electron chi connectivity index (χ3n) is 2.00. The molecule has 1 aliphatic rings. The van der Waals surface area contributed by atoms with Crippen molar-refractivity contribution in [2.24, 2.45) is 0 Å². The van der Waals surface area contributed by atoms with Gasteiger partial charge in [-0.1, -0.05) is 6.08 Å². The molecule has 84 valence electrons. The van der Waals surface area contributed by atoms with E-state index in [1.807, 2.05) is 0 Å². The van der Waals surface area contributed by atoms with Gasteiger partial charge in [0.05, 0.1) is 0 Å². The number of hydrogen-bond donors (Lipinski definition) is 1. The van der Waals surface area contributed by atoms with Gasteiger partial charge in [0.25, 0.3) is 0 Å². The largest absolute Gasteiger partial charge is 0.459 e. The summed E-state index contributed by atoms with van der Waals surface area (Å²) in [4.78, 5) is 21.4. The van der Waals surface area contributed by atoms with E-state index >= 15 is 0 Å². The predicted molar refractivity (Wildman–Crippen MR) is 50.9 cm³/mol. The number of carbonyl (C=O) groups is 2. The van der Waals surface area contributed by atoms with Crippen molar-refractivity contribution in [3.63, 3.8) is 0 Å². The molecule has 0 saturated carbocycles. The summed E-state index contributed by atoms with van der Waals surface area (Å²) in [5.41, 5.74) is 0. The first kappa shape index (κ1) is 11.7. The van der Waals surface area contributed by atoms with E-state index in [0.717, 1.165) is 0 Å². The van der Waals surface area contributed by atoms with Crippen LogP contribution >= 0.6 is 0 Å². The highest BCUT2D eigenvalue weighted by Gasteiger charge is 2.28. The van der Waals surface area contributed by atoms with Crippen molar-refractivity contribution in [1.82, 2.24) is 0 Å². The Kier molecular flexibility index (Phi) is 3.85. The van der Waals surface area contributed by atoms with E-state index in [9.17, 15) is 14.7 Å². The van der Waals surface area contributed by atoms with Crippen molar-refractivity contribution in [3.05, 3.63) is 12.2 Å². The van der Waals surface area contributed by atoms with Crippen LogP contribution in [-0.2, 0) is 19.1 Å². The first-order valence-electron chi connectivity index (χ1n) is 4.70. The van der Waals surface area contributed by atoms with Crippen LogP contribution < -0.4 is 0 Å². The zero-order valence-electron chi connectivity index (χ0n) is 8.67. The fraction of sp³-hybridized carbons (Fsp3) is 0.600. The highest BCUT2D eigenvalue weighted by Crippen LogP contribution is 2.18. The van der Waals surface area contributed by atoms with Gasteiger partial charge in [-0.05, 0) is 6.08 Å². The van der Waals surface area contributed by atoms with Crippen molar-refractivity contribution in [1.29, 1.82) is 0 Å². The van der Waals surface area contributed by atoms with Crippen LogP contribution in [0.5, 0.6) is 0 Å². The molecular formula is C10H14O5. The summed E-state index contributed by atoms with van der Waals surface area (Å²) in [7, 11) is 0. The first-order chi connectivity index (χ1) is 6.99. The standard InChI is InChI=1S/C10H14O5/c1-6(11)14-8-3-4-9(13)10(5-8)15-7(2)12/h3-4,8-10,13H,5H2,1-2H3/t8-,9-,10-/m0/s1. The molecule has 0 spiro atoms. The van der Waals surface area contributed by atoms with Gasteiger partial charge >= 0.3 is 11.9 Å². The molecule has 0 radical (unpaired) electrons. The van der Waals surface area contributed by atoms with Gasteiger partial charge in [-0.2, -0.15) is 0 Å². The van der Waals surface area contributed by atoms with Crippen LogP contribution in [0.25, 0.3) is 0 Å². The van der Waals surface area contributed by atoms with Crippen LogP contribution in [0.15, 0.2) is 12.2 Å². The third-order valence-corrected chi connectivity index (χ3v) is 2.00. The minimum Gasteiger partial charge on any atom is -0.459 e. The number of hydrogen-bond acceptors (Lipinski definition) is 5. The van der Waals surface area contributed by atoms with Crippen LogP contribution in [0.1, 0.15) is 20.3 Å². The van der Waals surface area contributed by atoms with Gasteiger partial charge in [-0.3, -0.25) is 9.59 Å². The van der Waals surface area contributed by atoms with Crippen LogP contribution in [0.4, 0.5) is 0 Å². The summed E-state index contributed by atoms with van der Waals surface area (Å²) < 4.78 is 9.81. The maximum Gasteiger partial charge on any atom is 0.303 e. The molecule has 1 N–H and O–H groups in total. The molecule has 0 amide bonds. The smallest absolute Gasteiger partial charge is 0.303 e. The average molecular weight is 214 g/mol. The lowest BCUT2D eigenvalue weighted by molar-refractivity contribution is -0.156. The molecule has 15 heavy (non-hydrogen) atoms. The minimum absolute atomic E-state index is 0.289. The summed E-state index contributed by atoms with van der Waals surface area (Å²) in [6.45, 7) is 2.57. The maximum atomic E-state index is 10.7. The van der Waals surface area contributed by atoms with Crippen LogP contribution in [0.2, 0.25) is 0 Å². The molecular weight excluding hydrogens is 200 g/mol. The molecule has 1 rings (SSSR count). The van der Waals surface area contributed by atoms with Crippen molar-refractivity contribution in [2.45, 2.75) is 38.6 Å². The molecule has 0 unspecified atom stereocenters. The summed E-state index contributed by atoms with van der Waals surface area (Å²) in [5.74, 6) is -0.862. The van der Waals surface area contributed by atoms with E-state index in [-0.39, 0.29) is 6.42 Å². The van der Waals surface area contributed by atoms with Gasteiger partial charge in [0, 0.05) is 20.3 Å². The molecule has 0 fully saturated rings. The molecule has 0 aromatic carbocycles. The molecule has 0 aliphatic heterocycles. The molecule has 0 bridgehead atoms. The van der Waals surface area contributed by atoms with Crippen molar-refractivity contribution < 1.29 is 24.2 Å². The van der Waals surface area contributed by atoms with Gasteiger partial charge in [0.2, 0.25) is 0 Å². The van der Waals surface area contributed by atoms with Crippen LogP contribution in [-0.4, -0.2) is 35.4 Å². The third kappa shape index (κ3) is 3.71. The highest BCUT2D eigenvalue weighted by atomic mass is 16.6. The Morgan fingerprint density at radius 3 is 2.33 bits per heavy atom. The summed E-state index contributed by atoms with van der Waals surface area (Å²) in [6.07, 6.45) is 1.43. The number of aliphatic hydroxyl groups excluding tert-OH is 1. The molecule has 1 aliphatic carbocycles. The molecule has 3 atom stereocenters. The van der Waals surface area contributed by atoms with Gasteiger partial charge < -0.3 is 14.6 Å². The van der Waals surface area contributed by atoms with Gasteiger partial charge in [0.15, 0.2) is 0 Å². The SMILES string of the molecule is CC(=O)O[C@H]1C[C@@H](OC(C)=O)C=C[C@@H]1O. The fourth-order valence-corrected chi connectivity index (χ4v) is 1.44. The Hall–Kier alpha value is -1.36. The van der Waals surface area contributed by atoms with Crippen molar-refractivity contribution in [3.8, 4) is 0 Å². The number of ether oxygens (including phenoxy) is 2. The average Bonchev–Trinajstić information content (AvgIpc) is 2.09. The zero-order chi connectivity index (χ0) is 11.4. The lowest BCUT2D eigenvalue weighted by Crippen LogP contribution is -2.37. The molecule has 0 saturated heterocycles. The Bertz CT molecular complexity index is 284. The lowest BCUT2D eigenvalue weighted by atomic mass is 9.99. The van der Waals surface area contributed by atoms with E-state index in [1.54, 1.807) is 6.08 Å². The second-order valence-electron chi connectivity index (χ2n) is 3.41. The highest BCUT2D eigenvalue weighted by molar-refractivity contribution is 5.67. The second kappa shape index (κ2) is 4.93. The summed E-state index contributed by atoms with van der Waals surface area (Å²) in [5, 5.41) is 9.47. The van der Waals surface area contributed by atoms with Crippen molar-refractivity contribution in [2.75, 3.05) is 0 Å². The second-order valence-corrected chi connectivity index (χ2v) is 3.41. The van der Waals surface area contributed by atoms with E-state index < -0.39 is 30.3 Å². The minimum atomic E-state index is -0.833. The fourth-order valence-electron chi connectivity index (χ4n) is 1.44. The molecule has 0 aromatic heterocycles. The normalized spacial score (nSPS) is 29.7. The summed E-state index contributed by atoms with van der Waals surface area (Å²) in [6, 6.07) is 0. The number of esters is 2. The quantitative estimate of drug-likeness (QED) is 0.524. The van der Waals surface area contributed by atoms with Gasteiger partial charge in [-0.15, -0.1) is 0 Å². The van der Waals surface area contributed by atoms with E-state index in [1.165, 1.54) is 19.9 Å². The van der Waals surface area contributed by atoms with Gasteiger partial charge in [0.1, 0.15) is 18.3 Å². The van der Waals surface area contributed by atoms with E-state index in [4.69, 9.17) is 9.47 Å². The maximum absolute atomic E-state index is 10.7. The van der Waals surface area contributed by atoms with E-state index in [0.29, 0.717) is 0 Å². The first-order valence-corrected chi connectivity index (χ1v) is 4.70. The van der Waals surface area contributed by atoms with Crippen LogP contribution in [0, 0.1) is 0 Å². The Morgan fingerprint density at radius 1 is 1.20 bits per heavy atom. The lowest BCUT2D eigenvalue weighted by Gasteiger charge is -2.27. The predicted octanol–water partition coefficient (Wildman–Crippen LogP) is 0.171. The molecule has 0 heterocycles. The Labute approximate surface area is 87.7 Å². The van der Waals surface area contributed by atoms with E-state index in [2.05, 4.69) is 0 Å². The number of carbonyl (C=O) groups excluding carboxylic acids is 2. The Morgan fingerprint density at radius 2 is 1.80 bits per heavy atom. The monoisotopic (exact) mass is 214 g/mol. The molecule has 5 heteroatoms. The van der Waals surface area contributed by atoms with Crippen LogP contribution in [0.3, 0.4) is 0 Å². The van der Waals surface area contributed by atoms with Crippen molar-refractivity contribution >= 4 is 11.9 Å². The zero-order valence-corrected chi connectivity index (χ0v) is 8.67. The Balaban J connectivity index is 2.57. The topological polar surface area (TPSA) is 72.8 Å². The number of aliphatic hydroxyl groups is 1. The summed E-state index contributed by atoms with van der Waals surface area (Å²) >= 11 is 0. The molecule has 5 nitrogen and oxygen atoms in total. The molecule has 0 aromatic rings. The van der Waals surface area contributed by atoms with Gasteiger partial charge in [-0.25, -0.2) is 0 Å². The number of rotatable bonds is 2.